The van der Waals surface area contributed by atoms with E-state index in [9.17, 15) is 0 Å². The number of nitrogens with zero attached hydrogens (tertiary/aromatic N) is 1. The van der Waals surface area contributed by atoms with Gasteiger partial charge >= 0.3 is 17.1 Å². The predicted octanol–water partition coefficient (Wildman–Crippen LogP) is 1.22. The summed E-state index contributed by atoms with van der Waals surface area (Å²) in [5, 5.41) is 8.70. The number of oxazole rings is 1. The third-order valence-electron chi connectivity index (χ3n) is 1.45. The van der Waals surface area contributed by atoms with E-state index in [2.05, 4.69) is 11.4 Å². The molecule has 0 aliphatic carbocycles. The summed E-state index contributed by atoms with van der Waals surface area (Å²) in [6.45, 7) is -0.113. The van der Waals surface area contributed by atoms with Crippen LogP contribution in [0.5, 0.6) is 0 Å². The summed E-state index contributed by atoms with van der Waals surface area (Å²) < 4.78 is 10.0. The normalized spacial score (nSPS) is 9.62. The zero-order valence-electron chi connectivity index (χ0n) is 6.45. The zero-order valence-corrected chi connectivity index (χ0v) is 7.39. The summed E-state index contributed by atoms with van der Waals surface area (Å²) in [5.41, 5.74) is 0. The molecule has 0 unspecified atom stereocenters. The van der Waals surface area contributed by atoms with Gasteiger partial charge in [0.25, 0.3) is 0 Å². The Morgan fingerprint density at radius 2 is 2.23 bits per heavy atom. The third kappa shape index (κ3) is 2.01. The minimum Gasteiger partial charge on any atom is -0.570 e. The molecule has 0 saturated heterocycles. The van der Waals surface area contributed by atoms with Gasteiger partial charge in [-0.05, 0) is 12.1 Å². The number of furan rings is 1. The Hall–Kier alpha value is -1.03. The maximum absolute atomic E-state index is 8.70. The number of aromatic nitrogens is 1. The van der Waals surface area contributed by atoms with Crippen molar-refractivity contribution in [3.05, 3.63) is 30.5 Å². The molecule has 0 saturated carbocycles. The molecule has 2 aromatic rings. The van der Waals surface area contributed by atoms with E-state index in [0.717, 1.165) is 0 Å². The van der Waals surface area contributed by atoms with Crippen LogP contribution in [0.2, 0.25) is 0 Å². The first-order chi connectivity index (χ1) is 5.90. The monoisotopic (exact) mass is 227 g/mol. The van der Waals surface area contributed by atoms with Gasteiger partial charge in [-0.1, -0.05) is 6.20 Å². The Kier molecular flexibility index (Phi) is 3.31. The zero-order chi connectivity index (χ0) is 8.39. The van der Waals surface area contributed by atoms with Crippen molar-refractivity contribution in [2.24, 2.45) is 0 Å². The van der Waals surface area contributed by atoms with E-state index >= 15 is 0 Å². The van der Waals surface area contributed by atoms with Gasteiger partial charge in [0.2, 0.25) is 0 Å². The molecular weight excluding hydrogens is 222 g/mol. The van der Waals surface area contributed by atoms with Gasteiger partial charge in [0.1, 0.15) is 24.5 Å². The second-order valence-corrected chi connectivity index (χ2v) is 2.24. The molecule has 2 heterocycles. The summed E-state index contributed by atoms with van der Waals surface area (Å²) in [6.07, 6.45) is 3.81. The van der Waals surface area contributed by atoms with Crippen LogP contribution in [0.1, 0.15) is 5.76 Å². The minimum absolute atomic E-state index is 0. The maximum Gasteiger partial charge on any atom is 1.00 e. The molecule has 0 atom stereocenters. The fraction of sp³-hybridized carbons (Fsp3) is 0.125. The van der Waals surface area contributed by atoms with E-state index in [1.807, 2.05) is 0 Å². The van der Waals surface area contributed by atoms with E-state index in [0.29, 0.717) is 17.3 Å². The largest absolute Gasteiger partial charge is 1.00 e. The summed E-state index contributed by atoms with van der Waals surface area (Å²) in [7, 11) is 0. The Balaban J connectivity index is 0.000000845. The molecule has 0 radical (unpaired) electrons. The van der Waals surface area contributed by atoms with Gasteiger partial charge in [-0.2, -0.15) is 0 Å². The second kappa shape index (κ2) is 4.28. The quantitative estimate of drug-likeness (QED) is 0.619. The summed E-state index contributed by atoms with van der Waals surface area (Å²) >= 11 is 0. The smallest absolute Gasteiger partial charge is 0.570 e. The first-order valence-electron chi connectivity index (χ1n) is 3.42. The van der Waals surface area contributed by atoms with Crippen LogP contribution in [-0.2, 0) is 23.7 Å². The second-order valence-electron chi connectivity index (χ2n) is 2.24. The Morgan fingerprint density at radius 1 is 1.38 bits per heavy atom. The van der Waals surface area contributed by atoms with Crippen LogP contribution in [-0.4, -0.2) is 10.1 Å². The molecule has 13 heavy (non-hydrogen) atoms. The van der Waals surface area contributed by atoms with Crippen LogP contribution >= 0.6 is 0 Å². The van der Waals surface area contributed by atoms with Crippen molar-refractivity contribution in [2.75, 3.05) is 0 Å². The topological polar surface area (TPSA) is 59.4 Å². The Labute approximate surface area is 85.1 Å². The van der Waals surface area contributed by atoms with Crippen molar-refractivity contribution in [3.63, 3.8) is 0 Å². The first kappa shape index (κ1) is 10.1. The summed E-state index contributed by atoms with van der Waals surface area (Å²) in [6, 6.07) is 3.39. The molecule has 0 fully saturated rings. The molecule has 2 aromatic heterocycles. The third-order valence-corrected chi connectivity index (χ3v) is 1.45. The van der Waals surface area contributed by atoms with Crippen LogP contribution in [0, 0.1) is 6.39 Å². The van der Waals surface area contributed by atoms with Gasteiger partial charge in [-0.25, -0.2) is 0 Å². The number of hydrogen-bond acceptors (Lipinski definition) is 4. The molecule has 0 bridgehead atoms. The standard InChI is InChI=1S/C8H6NO3.Cu/c10-4-6-1-2-7(12-6)8-3-9-5-11-8;/h1-3,10H,4H2;/q-1;+1. The van der Waals surface area contributed by atoms with Gasteiger partial charge in [0, 0.05) is 5.76 Å². The van der Waals surface area contributed by atoms with E-state index in [-0.39, 0.29) is 23.7 Å². The van der Waals surface area contributed by atoms with Gasteiger partial charge in [-0.15, -0.1) is 0 Å². The Bertz CT molecular complexity index is 355. The van der Waals surface area contributed by atoms with Crippen LogP contribution in [0.4, 0.5) is 0 Å². The average molecular weight is 228 g/mol. The van der Waals surface area contributed by atoms with Crippen LogP contribution in [0.15, 0.2) is 27.2 Å². The minimum atomic E-state index is -0.113. The summed E-state index contributed by atoms with van der Waals surface area (Å²) in [5.74, 6) is 1.56. The molecule has 0 amide bonds. The number of hydrogen-bond donors (Lipinski definition) is 1. The van der Waals surface area contributed by atoms with Crippen molar-refractivity contribution >= 4 is 0 Å². The van der Waals surface area contributed by atoms with E-state index in [4.69, 9.17) is 13.9 Å². The van der Waals surface area contributed by atoms with Gasteiger partial charge in [0.05, 0.1) is 0 Å². The van der Waals surface area contributed by atoms with Gasteiger partial charge in [-0.3, -0.25) is 0 Å². The van der Waals surface area contributed by atoms with E-state index in [1.54, 1.807) is 12.1 Å². The first-order valence-corrected chi connectivity index (χ1v) is 3.42. The van der Waals surface area contributed by atoms with Crippen molar-refractivity contribution in [1.29, 1.82) is 0 Å². The predicted molar refractivity (Wildman–Crippen MR) is 39.0 cm³/mol. The molecule has 5 heteroatoms. The van der Waals surface area contributed by atoms with Crippen LogP contribution in [0.3, 0.4) is 0 Å². The SMILES string of the molecule is OCc1ccc(-c2cn[c-]o2)o1.[Cu+]. The van der Waals surface area contributed by atoms with Crippen LogP contribution < -0.4 is 0 Å². The molecular formula is C8H6CuNO3. The molecule has 4 nitrogen and oxygen atoms in total. The maximum atomic E-state index is 8.70. The van der Waals surface area contributed by atoms with Crippen LogP contribution in [0.25, 0.3) is 11.5 Å². The number of aliphatic hydroxyl groups is 1. The fourth-order valence-electron chi connectivity index (χ4n) is 0.896. The molecule has 2 rings (SSSR count). The molecule has 0 aliphatic rings. The molecule has 0 aliphatic heterocycles. The molecule has 1 N–H and O–H groups in total. The van der Waals surface area contributed by atoms with Gasteiger partial charge in [0.15, 0.2) is 0 Å². The Morgan fingerprint density at radius 3 is 2.77 bits per heavy atom. The number of rotatable bonds is 2. The molecule has 0 aromatic carbocycles. The van der Waals surface area contributed by atoms with E-state index in [1.165, 1.54) is 6.20 Å². The number of aliphatic hydroxyl groups excluding tert-OH is 1. The molecule has 0 spiro atoms. The van der Waals surface area contributed by atoms with Crippen molar-refractivity contribution < 1.29 is 31.0 Å². The van der Waals surface area contributed by atoms with Gasteiger partial charge < -0.3 is 18.9 Å². The van der Waals surface area contributed by atoms with Crippen molar-refractivity contribution in [2.45, 2.75) is 6.61 Å². The molecule has 72 valence electrons. The van der Waals surface area contributed by atoms with E-state index < -0.39 is 0 Å². The van der Waals surface area contributed by atoms with Crippen molar-refractivity contribution in [1.82, 2.24) is 4.98 Å². The summed E-state index contributed by atoms with van der Waals surface area (Å²) in [4.78, 5) is 3.62. The fourth-order valence-corrected chi connectivity index (χ4v) is 0.896. The average Bonchev–Trinajstić information content (AvgIpc) is 2.75. The van der Waals surface area contributed by atoms with Crippen molar-refractivity contribution in [3.8, 4) is 11.5 Å².